The minimum absolute atomic E-state index is 0.0862. The Bertz CT molecular complexity index is 440. The van der Waals surface area contributed by atoms with E-state index in [0.717, 1.165) is 6.20 Å². The van der Waals surface area contributed by atoms with Crippen molar-refractivity contribution in [3.8, 4) is 0 Å². The van der Waals surface area contributed by atoms with E-state index >= 15 is 0 Å². The zero-order valence-corrected chi connectivity index (χ0v) is 10.6. The highest BCUT2D eigenvalue weighted by atomic mass is 79.9. The molecule has 0 aliphatic rings. The van der Waals surface area contributed by atoms with E-state index in [1.54, 1.807) is 0 Å². The van der Waals surface area contributed by atoms with Gasteiger partial charge < -0.3 is 5.32 Å². The molecule has 18 heavy (non-hydrogen) atoms. The van der Waals surface area contributed by atoms with E-state index in [4.69, 9.17) is 0 Å². The number of nitro groups is 1. The first-order chi connectivity index (χ1) is 8.29. The van der Waals surface area contributed by atoms with Crippen LogP contribution in [0.15, 0.2) is 16.7 Å². The van der Waals surface area contributed by atoms with E-state index in [9.17, 15) is 23.3 Å². The molecule has 1 aromatic heterocycles. The van der Waals surface area contributed by atoms with Crippen LogP contribution in [0.2, 0.25) is 0 Å². The molecule has 0 unspecified atom stereocenters. The predicted octanol–water partition coefficient (Wildman–Crippen LogP) is 3.51. The Kier molecular flexibility index (Phi) is 4.88. The van der Waals surface area contributed by atoms with Gasteiger partial charge in [-0.05, 0) is 22.4 Å². The molecule has 100 valence electrons. The maximum atomic E-state index is 11.9. The average molecular weight is 328 g/mol. The van der Waals surface area contributed by atoms with Crippen LogP contribution < -0.4 is 5.32 Å². The van der Waals surface area contributed by atoms with Gasteiger partial charge >= 0.3 is 6.18 Å². The second-order valence-electron chi connectivity index (χ2n) is 3.43. The summed E-state index contributed by atoms with van der Waals surface area (Å²) in [5, 5.41) is 13.1. The van der Waals surface area contributed by atoms with Crippen LogP contribution in [0.5, 0.6) is 0 Å². The molecule has 1 N–H and O–H groups in total. The molecule has 0 bridgehead atoms. The molecule has 0 spiro atoms. The smallest absolute Gasteiger partial charge is 0.369 e. The third-order valence-electron chi connectivity index (χ3n) is 1.97. The Morgan fingerprint density at radius 1 is 1.50 bits per heavy atom. The third kappa shape index (κ3) is 4.86. The fourth-order valence-electron chi connectivity index (χ4n) is 1.15. The lowest BCUT2D eigenvalue weighted by Crippen LogP contribution is -2.11. The van der Waals surface area contributed by atoms with Crippen LogP contribution in [-0.2, 0) is 0 Å². The summed E-state index contributed by atoms with van der Waals surface area (Å²) in [6.07, 6.45) is -4.11. The topological polar surface area (TPSA) is 68.1 Å². The quantitative estimate of drug-likeness (QED) is 0.510. The fraction of sp³-hybridized carbons (Fsp3) is 0.444. The van der Waals surface area contributed by atoms with Crippen molar-refractivity contribution in [1.29, 1.82) is 0 Å². The largest absolute Gasteiger partial charge is 0.389 e. The van der Waals surface area contributed by atoms with Gasteiger partial charge in [0.05, 0.1) is 9.40 Å². The Hall–Kier alpha value is -1.38. The first-order valence-electron chi connectivity index (χ1n) is 4.90. The summed E-state index contributed by atoms with van der Waals surface area (Å²) in [6, 6.07) is 1.24. The number of rotatable bonds is 5. The maximum Gasteiger partial charge on any atom is 0.389 e. The molecule has 0 saturated carbocycles. The standard InChI is InChI=1S/C9H9BrF3N3O2/c10-7-4-6(16(17)18)5-15-8(7)14-3-1-2-9(11,12)13/h4-5H,1-3H2,(H,14,15). The van der Waals surface area contributed by atoms with Crippen LogP contribution in [0.4, 0.5) is 24.7 Å². The summed E-state index contributed by atoms with van der Waals surface area (Å²) >= 11 is 3.06. The lowest BCUT2D eigenvalue weighted by molar-refractivity contribution is -0.385. The van der Waals surface area contributed by atoms with Gasteiger partial charge in [-0.25, -0.2) is 4.98 Å². The summed E-state index contributed by atoms with van der Waals surface area (Å²) in [5.41, 5.74) is -0.192. The summed E-state index contributed by atoms with van der Waals surface area (Å²) in [7, 11) is 0. The van der Waals surface area contributed by atoms with Crippen molar-refractivity contribution < 1.29 is 18.1 Å². The zero-order chi connectivity index (χ0) is 13.8. The van der Waals surface area contributed by atoms with Gasteiger partial charge in [0.15, 0.2) is 0 Å². The fourth-order valence-corrected chi connectivity index (χ4v) is 1.63. The molecule has 0 fully saturated rings. The summed E-state index contributed by atoms with van der Waals surface area (Å²) < 4.78 is 36.0. The van der Waals surface area contributed by atoms with Crippen molar-refractivity contribution in [2.45, 2.75) is 19.0 Å². The molecule has 0 amide bonds. The second-order valence-corrected chi connectivity index (χ2v) is 4.28. The summed E-state index contributed by atoms with van der Waals surface area (Å²) in [6.45, 7) is 0.0862. The van der Waals surface area contributed by atoms with Crippen molar-refractivity contribution in [1.82, 2.24) is 4.98 Å². The molecular weight excluding hydrogens is 319 g/mol. The molecule has 0 saturated heterocycles. The van der Waals surface area contributed by atoms with Crippen LogP contribution in [0, 0.1) is 10.1 Å². The molecular formula is C9H9BrF3N3O2. The number of halogens is 4. The number of nitrogens with one attached hydrogen (secondary N) is 1. The lowest BCUT2D eigenvalue weighted by Gasteiger charge is -2.08. The molecule has 1 heterocycles. The van der Waals surface area contributed by atoms with Gasteiger partial charge in [-0.15, -0.1) is 0 Å². The van der Waals surface area contributed by atoms with Crippen LogP contribution in [0.1, 0.15) is 12.8 Å². The Labute approximate surface area is 109 Å². The molecule has 0 aromatic carbocycles. The highest BCUT2D eigenvalue weighted by molar-refractivity contribution is 9.10. The first kappa shape index (κ1) is 14.7. The van der Waals surface area contributed by atoms with Gasteiger partial charge in [-0.1, -0.05) is 0 Å². The molecule has 0 aliphatic carbocycles. The zero-order valence-electron chi connectivity index (χ0n) is 9.00. The number of alkyl halides is 3. The van der Waals surface area contributed by atoms with E-state index < -0.39 is 17.5 Å². The van der Waals surface area contributed by atoms with E-state index in [2.05, 4.69) is 26.2 Å². The number of nitrogens with zero attached hydrogens (tertiary/aromatic N) is 2. The van der Waals surface area contributed by atoms with Crippen LogP contribution in [-0.4, -0.2) is 22.6 Å². The van der Waals surface area contributed by atoms with E-state index in [0.29, 0.717) is 4.47 Å². The van der Waals surface area contributed by atoms with Gasteiger partial charge in [-0.2, -0.15) is 13.2 Å². The monoisotopic (exact) mass is 327 g/mol. The molecule has 0 aliphatic heterocycles. The normalized spacial score (nSPS) is 11.3. The Morgan fingerprint density at radius 2 is 2.17 bits per heavy atom. The van der Waals surface area contributed by atoms with E-state index in [1.165, 1.54) is 6.07 Å². The van der Waals surface area contributed by atoms with Gasteiger partial charge in [0.1, 0.15) is 12.0 Å². The van der Waals surface area contributed by atoms with Crippen molar-refractivity contribution in [3.63, 3.8) is 0 Å². The van der Waals surface area contributed by atoms with Crippen molar-refractivity contribution >= 4 is 27.4 Å². The third-order valence-corrected chi connectivity index (χ3v) is 2.57. The van der Waals surface area contributed by atoms with Gasteiger partial charge in [0.2, 0.25) is 0 Å². The van der Waals surface area contributed by atoms with Gasteiger partial charge in [-0.3, -0.25) is 10.1 Å². The maximum absolute atomic E-state index is 11.9. The highest BCUT2D eigenvalue weighted by Crippen LogP contribution is 2.25. The van der Waals surface area contributed by atoms with E-state index in [1.807, 2.05) is 0 Å². The van der Waals surface area contributed by atoms with Crippen molar-refractivity contribution in [3.05, 3.63) is 26.9 Å². The second kappa shape index (κ2) is 5.98. The van der Waals surface area contributed by atoms with Crippen molar-refractivity contribution in [2.24, 2.45) is 0 Å². The Balaban J connectivity index is 2.51. The minimum atomic E-state index is -4.18. The summed E-state index contributed by atoms with van der Waals surface area (Å²) in [5.74, 6) is 0.280. The average Bonchev–Trinajstić information content (AvgIpc) is 2.24. The first-order valence-corrected chi connectivity index (χ1v) is 5.69. The van der Waals surface area contributed by atoms with Gasteiger partial charge in [0, 0.05) is 19.0 Å². The minimum Gasteiger partial charge on any atom is -0.369 e. The molecule has 1 aromatic rings. The number of hydrogen-bond donors (Lipinski definition) is 1. The van der Waals surface area contributed by atoms with Crippen LogP contribution in [0.3, 0.4) is 0 Å². The molecule has 5 nitrogen and oxygen atoms in total. The SMILES string of the molecule is O=[N+]([O-])c1cnc(NCCCC(F)(F)F)c(Br)c1. The lowest BCUT2D eigenvalue weighted by atomic mass is 10.3. The number of aromatic nitrogens is 1. The predicted molar refractivity (Wildman–Crippen MR) is 62.4 cm³/mol. The van der Waals surface area contributed by atoms with Gasteiger partial charge in [0.25, 0.3) is 5.69 Å². The number of anilines is 1. The Morgan fingerprint density at radius 3 is 2.67 bits per heavy atom. The van der Waals surface area contributed by atoms with Crippen molar-refractivity contribution in [2.75, 3.05) is 11.9 Å². The summed E-state index contributed by atoms with van der Waals surface area (Å²) in [4.78, 5) is 13.6. The van der Waals surface area contributed by atoms with E-state index in [-0.39, 0.29) is 24.5 Å². The number of hydrogen-bond acceptors (Lipinski definition) is 4. The number of pyridine rings is 1. The van der Waals surface area contributed by atoms with Crippen LogP contribution in [0.25, 0.3) is 0 Å². The molecule has 0 radical (unpaired) electrons. The van der Waals surface area contributed by atoms with Crippen LogP contribution >= 0.6 is 15.9 Å². The molecule has 9 heteroatoms. The molecule has 0 atom stereocenters. The molecule has 1 rings (SSSR count). The highest BCUT2D eigenvalue weighted by Gasteiger charge is 2.25.